The Hall–Kier alpha value is -3.69. The first-order valence-corrected chi connectivity index (χ1v) is 18.4. The van der Waals surface area contributed by atoms with Gasteiger partial charge < -0.3 is 23.7 Å². The van der Waals surface area contributed by atoms with Gasteiger partial charge in [-0.3, -0.25) is 4.89 Å². The third-order valence-electron chi connectivity index (χ3n) is 8.58. The Bertz CT molecular complexity index is 1330. The number of carboxylic acid groups (broad SMARTS) is 1. The van der Waals surface area contributed by atoms with E-state index in [0.29, 0.717) is 18.4 Å². The van der Waals surface area contributed by atoms with Crippen molar-refractivity contribution < 1.29 is 47.9 Å². The highest BCUT2D eigenvalue weighted by Gasteiger charge is 2.49. The molecular weight excluding hydrogens is 608 g/mol. The van der Waals surface area contributed by atoms with Crippen molar-refractivity contribution >= 4 is 26.4 Å². The van der Waals surface area contributed by atoms with E-state index in [-0.39, 0.29) is 11.6 Å². The van der Waals surface area contributed by atoms with E-state index in [4.69, 9.17) is 34.8 Å². The van der Waals surface area contributed by atoms with Crippen LogP contribution < -0.4 is 0 Å². The summed E-state index contributed by atoms with van der Waals surface area (Å²) in [6.45, 7) is 11.5. The van der Waals surface area contributed by atoms with E-state index in [1.165, 1.54) is 0 Å². The molecule has 1 fully saturated rings. The van der Waals surface area contributed by atoms with Crippen LogP contribution in [-0.4, -0.2) is 61.5 Å². The summed E-state index contributed by atoms with van der Waals surface area (Å²) in [5, 5.41) is 10.1. The number of hydrogen-bond acceptors (Lipinski definition) is 9. The molecule has 0 aliphatic heterocycles. The highest BCUT2D eigenvalue weighted by Crippen LogP contribution is 2.39. The summed E-state index contributed by atoms with van der Waals surface area (Å²) in [6, 6.07) is 17.6. The Morgan fingerprint density at radius 2 is 1.54 bits per heavy atom. The first kappa shape index (κ1) is 36.8. The maximum atomic E-state index is 13.1. The highest BCUT2D eigenvalue weighted by atomic mass is 28.4. The fourth-order valence-corrected chi connectivity index (χ4v) is 6.15. The van der Waals surface area contributed by atoms with Gasteiger partial charge in [0.15, 0.2) is 13.9 Å². The van der Waals surface area contributed by atoms with Crippen LogP contribution in [0.3, 0.4) is 0 Å². The van der Waals surface area contributed by atoms with Gasteiger partial charge in [-0.05, 0) is 68.4 Å². The van der Waals surface area contributed by atoms with Crippen LogP contribution in [0.4, 0.5) is 4.79 Å². The molecular formula is C35H46O10Si. The van der Waals surface area contributed by atoms with Crippen molar-refractivity contribution in [3.8, 4) is 12.3 Å². The molecule has 10 nitrogen and oxygen atoms in total. The number of esters is 1. The van der Waals surface area contributed by atoms with Gasteiger partial charge in [0.25, 0.3) is 0 Å². The minimum atomic E-state index is -2.77. The van der Waals surface area contributed by atoms with Crippen LogP contribution in [-0.2, 0) is 39.8 Å². The van der Waals surface area contributed by atoms with E-state index in [0.717, 1.165) is 24.8 Å². The molecule has 0 bridgehead atoms. The number of ether oxygens (including phenoxy) is 3. The molecule has 0 heterocycles. The van der Waals surface area contributed by atoms with Crippen molar-refractivity contribution in [1.29, 1.82) is 0 Å². The average Bonchev–Trinajstić information content (AvgIpc) is 3.01. The molecule has 0 spiro atoms. The summed E-state index contributed by atoms with van der Waals surface area (Å²) in [7, 11) is -2.77. The summed E-state index contributed by atoms with van der Waals surface area (Å²) in [6.07, 6.45) is 2.35. The summed E-state index contributed by atoms with van der Waals surface area (Å²) in [4.78, 5) is 49.0. The lowest BCUT2D eigenvalue weighted by Crippen LogP contribution is -2.57. The number of benzene rings is 2. The van der Waals surface area contributed by atoms with Gasteiger partial charge in [0.2, 0.25) is 6.10 Å². The molecule has 0 radical (unpaired) electrons. The topological polar surface area (TPSA) is 127 Å². The molecule has 1 aliphatic carbocycles. The number of rotatable bonds is 14. The molecule has 1 aliphatic rings. The quantitative estimate of drug-likeness (QED) is 0.0742. The minimum Gasteiger partial charge on any atom is -0.479 e. The lowest BCUT2D eigenvalue weighted by Gasteiger charge is -2.43. The number of carbonyl (C=O) groups is 3. The van der Waals surface area contributed by atoms with Crippen LogP contribution in [0.2, 0.25) is 18.1 Å². The largest absolute Gasteiger partial charge is 0.542 e. The maximum Gasteiger partial charge on any atom is 0.542 e. The number of aliphatic carboxylic acids is 1. The van der Waals surface area contributed by atoms with Crippen molar-refractivity contribution in [1.82, 2.24) is 0 Å². The molecule has 11 heteroatoms. The Morgan fingerprint density at radius 3 is 2.09 bits per heavy atom. The minimum absolute atomic E-state index is 0.0377. The number of carbonyl (C=O) groups excluding carboxylic acids is 2. The molecule has 1 N–H and O–H groups in total. The van der Waals surface area contributed by atoms with Gasteiger partial charge in [-0.2, -0.15) is 4.89 Å². The van der Waals surface area contributed by atoms with Crippen molar-refractivity contribution in [3.05, 3.63) is 71.8 Å². The standard InChI is InChI=1S/C35H46O10Si/c1-8-35(22-16-11-17-23-35)42-33(39)44-43-30(31(36)37)29(45-46(6,7)34(3,4)5)28(40-24-26-18-12-9-13-19-26)25(2)41-32(38)27-20-14-10-15-21-27/h1,9-10,12-15,18-21,25,28-30H,11,16-17,22-24H2,2-7H3,(H,36,37)/t25-,28?,29?,30?/m1/s1. The highest BCUT2D eigenvalue weighted by molar-refractivity contribution is 6.74. The van der Waals surface area contributed by atoms with Crippen LogP contribution in [0, 0.1) is 12.3 Å². The van der Waals surface area contributed by atoms with Crippen LogP contribution in [0.5, 0.6) is 0 Å². The molecule has 250 valence electrons. The predicted octanol–water partition coefficient (Wildman–Crippen LogP) is 7.08. The first-order valence-electron chi connectivity index (χ1n) is 15.5. The van der Waals surface area contributed by atoms with Gasteiger partial charge in [-0.1, -0.05) is 81.6 Å². The summed E-state index contributed by atoms with van der Waals surface area (Å²) in [5.41, 5.74) is -0.0595. The van der Waals surface area contributed by atoms with E-state index >= 15 is 0 Å². The second-order valence-corrected chi connectivity index (χ2v) is 17.8. The van der Waals surface area contributed by atoms with E-state index in [9.17, 15) is 19.5 Å². The molecule has 3 rings (SSSR count). The monoisotopic (exact) mass is 654 g/mol. The normalized spacial score (nSPS) is 17.4. The second-order valence-electron chi connectivity index (χ2n) is 13.1. The zero-order valence-electron chi connectivity index (χ0n) is 27.5. The molecule has 46 heavy (non-hydrogen) atoms. The van der Waals surface area contributed by atoms with Crippen molar-refractivity contribution in [2.45, 2.75) is 115 Å². The van der Waals surface area contributed by atoms with Gasteiger partial charge in [-0.25, -0.2) is 14.4 Å². The molecule has 2 aromatic carbocycles. The van der Waals surface area contributed by atoms with Crippen LogP contribution in [0.1, 0.15) is 75.7 Å². The zero-order valence-corrected chi connectivity index (χ0v) is 28.5. The van der Waals surface area contributed by atoms with Crippen molar-refractivity contribution in [2.24, 2.45) is 0 Å². The summed E-state index contributed by atoms with van der Waals surface area (Å²) in [5.74, 6) is 0.421. The molecule has 0 aromatic heterocycles. The molecule has 0 saturated heterocycles. The van der Waals surface area contributed by atoms with E-state index in [1.807, 2.05) is 64.2 Å². The SMILES string of the molecule is C#CC1(OC(=O)OOC(C(=O)O)C(O[Si](C)(C)C(C)(C)C)C(OCc2ccccc2)[C@@H](C)OC(=O)c2ccccc2)CCCCC1. The summed E-state index contributed by atoms with van der Waals surface area (Å²) >= 11 is 0. The van der Waals surface area contributed by atoms with Gasteiger partial charge in [0, 0.05) is 0 Å². The molecule has 3 unspecified atom stereocenters. The number of hydrogen-bond donors (Lipinski definition) is 1. The Balaban J connectivity index is 1.96. The van der Waals surface area contributed by atoms with Gasteiger partial charge in [0.05, 0.1) is 12.2 Å². The molecule has 0 amide bonds. The average molecular weight is 655 g/mol. The lowest BCUT2D eigenvalue weighted by atomic mass is 9.85. The van der Waals surface area contributed by atoms with Crippen LogP contribution >= 0.6 is 0 Å². The fraction of sp³-hybridized carbons (Fsp3) is 0.514. The fourth-order valence-electron chi connectivity index (χ4n) is 4.86. The number of carboxylic acids is 1. The van der Waals surface area contributed by atoms with E-state index in [1.54, 1.807) is 37.3 Å². The zero-order chi connectivity index (χ0) is 34.0. The lowest BCUT2D eigenvalue weighted by molar-refractivity contribution is -0.309. The summed E-state index contributed by atoms with van der Waals surface area (Å²) < 4.78 is 24.3. The molecule has 4 atom stereocenters. The smallest absolute Gasteiger partial charge is 0.479 e. The first-order chi connectivity index (χ1) is 21.7. The third-order valence-corrected chi connectivity index (χ3v) is 13.0. The molecule has 1 saturated carbocycles. The van der Waals surface area contributed by atoms with Gasteiger partial charge in [0.1, 0.15) is 18.3 Å². The second kappa shape index (κ2) is 16.2. The van der Waals surface area contributed by atoms with Gasteiger partial charge >= 0.3 is 18.1 Å². The Morgan fingerprint density at radius 1 is 0.957 bits per heavy atom. The van der Waals surface area contributed by atoms with Gasteiger partial charge in [-0.15, -0.1) is 6.42 Å². The predicted molar refractivity (Wildman–Crippen MR) is 173 cm³/mol. The van der Waals surface area contributed by atoms with Crippen LogP contribution in [0.25, 0.3) is 0 Å². The van der Waals surface area contributed by atoms with E-state index in [2.05, 4.69) is 5.92 Å². The van der Waals surface area contributed by atoms with Crippen molar-refractivity contribution in [2.75, 3.05) is 0 Å². The Kier molecular flexibility index (Phi) is 13.0. The Labute approximate surface area is 272 Å². The van der Waals surface area contributed by atoms with E-state index < -0.39 is 56.4 Å². The molecule has 2 aromatic rings. The number of terminal acetylenes is 1. The van der Waals surface area contributed by atoms with Crippen molar-refractivity contribution in [3.63, 3.8) is 0 Å². The van der Waals surface area contributed by atoms with Crippen LogP contribution in [0.15, 0.2) is 60.7 Å². The maximum absolute atomic E-state index is 13.1. The third kappa shape index (κ3) is 10.2.